The van der Waals surface area contributed by atoms with Crippen LogP contribution in [-0.2, 0) is 0 Å². The summed E-state index contributed by atoms with van der Waals surface area (Å²) in [6, 6.07) is 10.7. The summed E-state index contributed by atoms with van der Waals surface area (Å²) < 4.78 is 0. The molecule has 0 aliphatic rings. The van der Waals surface area contributed by atoms with Gasteiger partial charge in [-0.25, -0.2) is 0 Å². The molecule has 0 heterocycles. The molecule has 0 spiro atoms. The van der Waals surface area contributed by atoms with Gasteiger partial charge in [-0.15, -0.1) is 0 Å². The molecule has 0 amide bonds. The van der Waals surface area contributed by atoms with Crippen LogP contribution in [0.25, 0.3) is 0 Å². The molecule has 1 aromatic rings. The standard InChI is InChI=1S/C12H20N2/c1-4-14(3)10(2)12(13)11-8-6-5-7-9-11/h5-10,12H,4,13H2,1-3H3/t10-,12+/m1/s1. The van der Waals surface area contributed by atoms with E-state index in [1.165, 1.54) is 5.56 Å². The lowest BCUT2D eigenvalue weighted by Gasteiger charge is -2.28. The van der Waals surface area contributed by atoms with Crippen molar-refractivity contribution in [2.75, 3.05) is 13.6 Å². The minimum atomic E-state index is 0.0983. The van der Waals surface area contributed by atoms with Gasteiger partial charge < -0.3 is 10.6 Å². The van der Waals surface area contributed by atoms with Gasteiger partial charge in [0.1, 0.15) is 0 Å². The van der Waals surface area contributed by atoms with Crippen molar-refractivity contribution in [2.24, 2.45) is 5.73 Å². The summed E-state index contributed by atoms with van der Waals surface area (Å²) in [7, 11) is 2.10. The summed E-state index contributed by atoms with van der Waals surface area (Å²) in [5.74, 6) is 0. The first-order valence-corrected chi connectivity index (χ1v) is 5.17. The van der Waals surface area contributed by atoms with Crippen molar-refractivity contribution < 1.29 is 0 Å². The van der Waals surface area contributed by atoms with Crippen molar-refractivity contribution in [3.05, 3.63) is 35.9 Å². The highest BCUT2D eigenvalue weighted by molar-refractivity contribution is 5.19. The minimum Gasteiger partial charge on any atom is -0.323 e. The van der Waals surface area contributed by atoms with E-state index in [1.54, 1.807) is 0 Å². The van der Waals surface area contributed by atoms with Crippen molar-refractivity contribution in [3.63, 3.8) is 0 Å². The molecule has 2 nitrogen and oxygen atoms in total. The van der Waals surface area contributed by atoms with Crippen LogP contribution in [-0.4, -0.2) is 24.5 Å². The van der Waals surface area contributed by atoms with E-state index in [0.29, 0.717) is 6.04 Å². The van der Waals surface area contributed by atoms with Crippen molar-refractivity contribution in [1.29, 1.82) is 0 Å². The number of hydrogen-bond acceptors (Lipinski definition) is 2. The Balaban J connectivity index is 2.70. The molecule has 0 aliphatic carbocycles. The summed E-state index contributed by atoms with van der Waals surface area (Å²) >= 11 is 0. The van der Waals surface area contributed by atoms with Crippen LogP contribution in [0.3, 0.4) is 0 Å². The first-order valence-electron chi connectivity index (χ1n) is 5.17. The highest BCUT2D eigenvalue weighted by atomic mass is 15.1. The molecule has 0 aliphatic heterocycles. The van der Waals surface area contributed by atoms with E-state index in [9.17, 15) is 0 Å². The molecule has 0 fully saturated rings. The molecule has 0 bridgehead atoms. The van der Waals surface area contributed by atoms with Gasteiger partial charge in [-0.05, 0) is 26.1 Å². The lowest BCUT2D eigenvalue weighted by atomic mass is 10.0. The fourth-order valence-corrected chi connectivity index (χ4v) is 1.52. The first-order chi connectivity index (χ1) is 6.66. The fourth-order valence-electron chi connectivity index (χ4n) is 1.52. The second-order valence-corrected chi connectivity index (χ2v) is 3.75. The van der Waals surface area contributed by atoms with Crippen molar-refractivity contribution in [1.82, 2.24) is 4.90 Å². The Labute approximate surface area is 86.7 Å². The molecule has 0 unspecified atom stereocenters. The highest BCUT2D eigenvalue weighted by Gasteiger charge is 2.17. The van der Waals surface area contributed by atoms with Gasteiger partial charge in [0.25, 0.3) is 0 Å². The highest BCUT2D eigenvalue weighted by Crippen LogP contribution is 2.16. The number of benzene rings is 1. The van der Waals surface area contributed by atoms with Gasteiger partial charge in [0, 0.05) is 12.1 Å². The predicted molar refractivity (Wildman–Crippen MR) is 61.1 cm³/mol. The van der Waals surface area contributed by atoms with E-state index in [-0.39, 0.29) is 6.04 Å². The average molecular weight is 192 g/mol. The van der Waals surface area contributed by atoms with Gasteiger partial charge in [-0.3, -0.25) is 0 Å². The molecule has 1 aromatic carbocycles. The Hall–Kier alpha value is -0.860. The van der Waals surface area contributed by atoms with Crippen molar-refractivity contribution in [3.8, 4) is 0 Å². The third-order valence-electron chi connectivity index (χ3n) is 2.90. The van der Waals surface area contributed by atoms with Gasteiger partial charge in [0.15, 0.2) is 0 Å². The quantitative estimate of drug-likeness (QED) is 0.791. The van der Waals surface area contributed by atoms with Crippen LogP contribution < -0.4 is 5.73 Å². The summed E-state index contributed by atoms with van der Waals surface area (Å²) in [6.45, 7) is 5.34. The topological polar surface area (TPSA) is 29.3 Å². The van der Waals surface area contributed by atoms with E-state index in [4.69, 9.17) is 5.73 Å². The van der Waals surface area contributed by atoms with Crippen LogP contribution in [0.4, 0.5) is 0 Å². The van der Waals surface area contributed by atoms with Crippen LogP contribution in [0.1, 0.15) is 25.5 Å². The van der Waals surface area contributed by atoms with Crippen LogP contribution in [0.15, 0.2) is 30.3 Å². The van der Waals surface area contributed by atoms with Crippen LogP contribution in [0.5, 0.6) is 0 Å². The summed E-state index contributed by atoms with van der Waals surface area (Å²) in [6.07, 6.45) is 0. The second-order valence-electron chi connectivity index (χ2n) is 3.75. The largest absolute Gasteiger partial charge is 0.323 e. The Morgan fingerprint density at radius 1 is 1.29 bits per heavy atom. The molecular weight excluding hydrogens is 172 g/mol. The number of nitrogens with two attached hydrogens (primary N) is 1. The van der Waals surface area contributed by atoms with E-state index < -0.39 is 0 Å². The van der Waals surface area contributed by atoms with E-state index in [2.05, 4.69) is 37.9 Å². The zero-order valence-electron chi connectivity index (χ0n) is 9.27. The Kier molecular flexibility index (Phi) is 4.11. The zero-order chi connectivity index (χ0) is 10.6. The number of likely N-dealkylation sites (N-methyl/N-ethyl adjacent to an activating group) is 1. The Morgan fingerprint density at radius 3 is 2.36 bits per heavy atom. The third kappa shape index (κ3) is 2.56. The maximum atomic E-state index is 6.17. The second kappa shape index (κ2) is 5.13. The molecule has 78 valence electrons. The normalized spacial score (nSPS) is 15.5. The number of hydrogen-bond donors (Lipinski definition) is 1. The predicted octanol–water partition coefficient (Wildman–Crippen LogP) is 2.03. The van der Waals surface area contributed by atoms with E-state index in [0.717, 1.165) is 6.54 Å². The summed E-state index contributed by atoms with van der Waals surface area (Å²) in [5, 5.41) is 0. The molecule has 0 radical (unpaired) electrons. The van der Waals surface area contributed by atoms with Crippen LogP contribution in [0, 0.1) is 0 Å². The van der Waals surface area contributed by atoms with E-state index >= 15 is 0 Å². The maximum absolute atomic E-state index is 6.17. The number of rotatable bonds is 4. The first kappa shape index (κ1) is 11.2. The monoisotopic (exact) mass is 192 g/mol. The lowest BCUT2D eigenvalue weighted by Crippen LogP contribution is -2.38. The Bertz CT molecular complexity index is 258. The van der Waals surface area contributed by atoms with Gasteiger partial charge >= 0.3 is 0 Å². The Morgan fingerprint density at radius 2 is 1.86 bits per heavy atom. The maximum Gasteiger partial charge on any atom is 0.0450 e. The van der Waals surface area contributed by atoms with Crippen LogP contribution >= 0.6 is 0 Å². The van der Waals surface area contributed by atoms with Crippen molar-refractivity contribution in [2.45, 2.75) is 25.9 Å². The van der Waals surface area contributed by atoms with Gasteiger partial charge in [0.2, 0.25) is 0 Å². The molecule has 0 saturated carbocycles. The summed E-state index contributed by atoms with van der Waals surface area (Å²) in [4.78, 5) is 2.26. The fraction of sp³-hybridized carbons (Fsp3) is 0.500. The molecule has 1 rings (SSSR count). The smallest absolute Gasteiger partial charge is 0.0450 e. The van der Waals surface area contributed by atoms with Gasteiger partial charge in [-0.2, -0.15) is 0 Å². The molecule has 14 heavy (non-hydrogen) atoms. The zero-order valence-corrected chi connectivity index (χ0v) is 9.27. The molecule has 2 heteroatoms. The summed E-state index contributed by atoms with van der Waals surface area (Å²) in [5.41, 5.74) is 7.38. The third-order valence-corrected chi connectivity index (χ3v) is 2.90. The number of nitrogens with zero attached hydrogens (tertiary/aromatic N) is 1. The van der Waals surface area contributed by atoms with Gasteiger partial charge in [0.05, 0.1) is 0 Å². The minimum absolute atomic E-state index is 0.0983. The molecule has 0 aromatic heterocycles. The van der Waals surface area contributed by atoms with Crippen molar-refractivity contribution >= 4 is 0 Å². The molecule has 2 N–H and O–H groups in total. The molecule has 0 saturated heterocycles. The van der Waals surface area contributed by atoms with Gasteiger partial charge in [-0.1, -0.05) is 37.3 Å². The lowest BCUT2D eigenvalue weighted by molar-refractivity contribution is 0.238. The van der Waals surface area contributed by atoms with E-state index in [1.807, 2.05) is 18.2 Å². The SMILES string of the molecule is CCN(C)[C@H](C)[C@H](N)c1ccccc1. The van der Waals surface area contributed by atoms with Crippen LogP contribution in [0.2, 0.25) is 0 Å². The average Bonchev–Trinajstić information content (AvgIpc) is 2.27. The molecular formula is C12H20N2. The molecule has 2 atom stereocenters.